The van der Waals surface area contributed by atoms with Crippen LogP contribution in [0.3, 0.4) is 0 Å². The molecule has 5 heteroatoms. The first kappa shape index (κ1) is 17.2. The fraction of sp³-hybridized carbons (Fsp3) is 0.200. The number of carbonyl (C=O) groups is 1. The lowest BCUT2D eigenvalue weighted by Crippen LogP contribution is -2.24. The molecule has 1 N–H and O–H groups in total. The Kier molecular flexibility index (Phi) is 5.19. The van der Waals surface area contributed by atoms with Crippen LogP contribution in [0.2, 0.25) is 5.02 Å². The molecule has 0 bridgehead atoms. The van der Waals surface area contributed by atoms with Gasteiger partial charge in [0, 0.05) is 31.2 Å². The van der Waals surface area contributed by atoms with E-state index in [-0.39, 0.29) is 5.91 Å². The molecule has 0 saturated heterocycles. The number of nitrogens with zero attached hydrogens (tertiary/aromatic N) is 2. The molecule has 0 saturated carbocycles. The van der Waals surface area contributed by atoms with Crippen LogP contribution in [0.1, 0.15) is 17.5 Å². The highest BCUT2D eigenvalue weighted by molar-refractivity contribution is 6.30. The summed E-state index contributed by atoms with van der Waals surface area (Å²) < 4.78 is 0. The lowest BCUT2D eigenvalue weighted by molar-refractivity contribution is -0.115. The minimum Gasteiger partial charge on any atom is -0.378 e. The first-order valence-electron chi connectivity index (χ1n) is 8.14. The summed E-state index contributed by atoms with van der Waals surface area (Å²) in [5, 5.41) is 3.56. The molecule has 1 amide bonds. The van der Waals surface area contributed by atoms with Gasteiger partial charge in [0.25, 0.3) is 5.91 Å². The zero-order chi connectivity index (χ0) is 17.8. The maximum Gasteiger partial charge on any atom is 0.275 e. The molecule has 3 rings (SSSR count). The van der Waals surface area contributed by atoms with E-state index in [2.05, 4.69) is 10.3 Å². The highest BCUT2D eigenvalue weighted by Gasteiger charge is 2.19. The van der Waals surface area contributed by atoms with Gasteiger partial charge >= 0.3 is 0 Å². The van der Waals surface area contributed by atoms with E-state index in [1.165, 1.54) is 0 Å². The third-order valence-electron chi connectivity index (χ3n) is 4.00. The van der Waals surface area contributed by atoms with E-state index in [1.54, 1.807) is 6.08 Å². The highest BCUT2D eigenvalue weighted by atomic mass is 35.5. The number of anilines is 1. The van der Waals surface area contributed by atoms with Crippen molar-refractivity contribution in [3.05, 3.63) is 70.4 Å². The van der Waals surface area contributed by atoms with Crippen molar-refractivity contribution in [2.75, 3.05) is 19.0 Å². The van der Waals surface area contributed by atoms with Gasteiger partial charge in [0.2, 0.25) is 0 Å². The van der Waals surface area contributed by atoms with Gasteiger partial charge in [0.15, 0.2) is 0 Å². The van der Waals surface area contributed by atoms with Gasteiger partial charge in [-0.2, -0.15) is 0 Å². The van der Waals surface area contributed by atoms with Crippen LogP contribution in [0.15, 0.2) is 59.2 Å². The first-order chi connectivity index (χ1) is 12.0. The summed E-state index contributed by atoms with van der Waals surface area (Å²) in [4.78, 5) is 18.6. The average Bonchev–Trinajstić information content (AvgIpc) is 2.93. The molecule has 1 aliphatic heterocycles. The van der Waals surface area contributed by atoms with Gasteiger partial charge in [-0.15, -0.1) is 0 Å². The molecule has 2 aromatic carbocycles. The van der Waals surface area contributed by atoms with Crippen molar-refractivity contribution in [3.8, 4) is 0 Å². The number of amidine groups is 1. The number of benzene rings is 2. The first-order valence-corrected chi connectivity index (χ1v) is 8.51. The van der Waals surface area contributed by atoms with Gasteiger partial charge < -0.3 is 10.2 Å². The third kappa shape index (κ3) is 4.48. The molecule has 4 nitrogen and oxygen atoms in total. The summed E-state index contributed by atoms with van der Waals surface area (Å²) in [7, 11) is 3.99. The number of amides is 1. The van der Waals surface area contributed by atoms with Crippen molar-refractivity contribution in [3.63, 3.8) is 0 Å². The monoisotopic (exact) mass is 353 g/mol. The van der Waals surface area contributed by atoms with Gasteiger partial charge in [-0.05, 0) is 47.9 Å². The van der Waals surface area contributed by atoms with Crippen molar-refractivity contribution < 1.29 is 4.79 Å². The molecule has 0 aromatic heterocycles. The molecule has 1 aliphatic rings. The molecule has 25 heavy (non-hydrogen) atoms. The molecular weight excluding hydrogens is 334 g/mol. The van der Waals surface area contributed by atoms with Crippen molar-refractivity contribution >= 4 is 35.1 Å². The number of rotatable bonds is 5. The minimum atomic E-state index is -0.155. The van der Waals surface area contributed by atoms with Gasteiger partial charge in [-0.25, -0.2) is 4.99 Å². The van der Waals surface area contributed by atoms with Crippen LogP contribution in [0.25, 0.3) is 6.08 Å². The third-order valence-corrected chi connectivity index (χ3v) is 4.23. The van der Waals surface area contributed by atoms with Crippen LogP contribution < -0.4 is 10.2 Å². The predicted octanol–water partition coefficient (Wildman–Crippen LogP) is 3.91. The molecule has 0 radical (unpaired) electrons. The molecule has 2 aromatic rings. The van der Waals surface area contributed by atoms with Gasteiger partial charge in [0.1, 0.15) is 11.5 Å². The van der Waals surface area contributed by atoms with E-state index < -0.39 is 0 Å². The number of hydrogen-bond donors (Lipinski definition) is 1. The number of nitrogens with one attached hydrogen (secondary N) is 1. The summed E-state index contributed by atoms with van der Waals surface area (Å²) in [5.41, 5.74) is 3.64. The van der Waals surface area contributed by atoms with Crippen molar-refractivity contribution in [1.29, 1.82) is 0 Å². The van der Waals surface area contributed by atoms with Crippen LogP contribution >= 0.6 is 11.6 Å². The van der Waals surface area contributed by atoms with Crippen LogP contribution in [-0.2, 0) is 11.2 Å². The standard InChI is InChI=1S/C20H20ClN3O/c1-24(2)17-9-6-15(7-10-17)13-18-20(25)23-19(22-18)11-8-14-4-3-5-16(21)12-14/h3-7,9-10,12-13H,8,11H2,1-2H3,(H,22,23,25)/b18-13+. The molecule has 1 heterocycles. The van der Waals surface area contributed by atoms with Gasteiger partial charge in [-0.1, -0.05) is 35.9 Å². The zero-order valence-corrected chi connectivity index (χ0v) is 15.0. The summed E-state index contributed by atoms with van der Waals surface area (Å²) >= 11 is 6.00. The molecule has 0 spiro atoms. The Labute approximate surface area is 152 Å². The molecule has 0 fully saturated rings. The number of halogens is 1. The fourth-order valence-electron chi connectivity index (χ4n) is 2.62. The maximum absolute atomic E-state index is 12.1. The highest BCUT2D eigenvalue weighted by Crippen LogP contribution is 2.18. The normalized spacial score (nSPS) is 15.2. The molecule has 128 valence electrons. The van der Waals surface area contributed by atoms with E-state index in [1.807, 2.05) is 67.5 Å². The smallest absolute Gasteiger partial charge is 0.275 e. The second-order valence-corrected chi connectivity index (χ2v) is 6.59. The predicted molar refractivity (Wildman–Crippen MR) is 104 cm³/mol. The van der Waals surface area contributed by atoms with Crippen molar-refractivity contribution in [1.82, 2.24) is 5.32 Å². The number of carbonyl (C=O) groups excluding carboxylic acids is 1. The number of aliphatic imine (C=N–C) groups is 1. The Morgan fingerprint density at radius 1 is 1.12 bits per heavy atom. The summed E-state index contributed by atoms with van der Waals surface area (Å²) in [6.45, 7) is 0. The number of hydrogen-bond acceptors (Lipinski definition) is 3. The molecule has 0 aliphatic carbocycles. The van der Waals surface area contributed by atoms with E-state index in [9.17, 15) is 4.79 Å². The van der Waals surface area contributed by atoms with E-state index >= 15 is 0 Å². The van der Waals surface area contributed by atoms with Crippen molar-refractivity contribution in [2.45, 2.75) is 12.8 Å². The average molecular weight is 354 g/mol. The van der Waals surface area contributed by atoms with E-state index in [0.717, 1.165) is 28.3 Å². The van der Waals surface area contributed by atoms with Gasteiger partial charge in [0.05, 0.1) is 0 Å². The van der Waals surface area contributed by atoms with Gasteiger partial charge in [-0.3, -0.25) is 4.79 Å². The van der Waals surface area contributed by atoms with E-state index in [0.29, 0.717) is 18.0 Å². The Morgan fingerprint density at radius 3 is 2.56 bits per heavy atom. The van der Waals surface area contributed by atoms with Crippen LogP contribution in [0.4, 0.5) is 5.69 Å². The summed E-state index contributed by atoms with van der Waals surface area (Å²) in [5.74, 6) is 0.541. The minimum absolute atomic E-state index is 0.155. The van der Waals surface area contributed by atoms with Crippen molar-refractivity contribution in [2.24, 2.45) is 4.99 Å². The Hall–Kier alpha value is -2.59. The second kappa shape index (κ2) is 7.53. The lowest BCUT2D eigenvalue weighted by Gasteiger charge is -2.11. The molecule has 0 atom stereocenters. The number of aryl methyl sites for hydroxylation is 1. The maximum atomic E-state index is 12.1. The van der Waals surface area contributed by atoms with Crippen LogP contribution in [0.5, 0.6) is 0 Å². The largest absolute Gasteiger partial charge is 0.378 e. The van der Waals surface area contributed by atoms with Crippen LogP contribution in [-0.4, -0.2) is 25.8 Å². The zero-order valence-electron chi connectivity index (χ0n) is 14.3. The second-order valence-electron chi connectivity index (χ2n) is 6.16. The van der Waals surface area contributed by atoms with E-state index in [4.69, 9.17) is 11.6 Å². The lowest BCUT2D eigenvalue weighted by atomic mass is 10.1. The topological polar surface area (TPSA) is 44.7 Å². The van der Waals surface area contributed by atoms with Crippen LogP contribution in [0, 0.1) is 0 Å². The molecular formula is C20H20ClN3O. The molecule has 0 unspecified atom stereocenters. The Morgan fingerprint density at radius 2 is 1.88 bits per heavy atom. The quantitative estimate of drug-likeness (QED) is 0.828. The summed E-state index contributed by atoms with van der Waals surface area (Å²) in [6, 6.07) is 15.7. The Bertz CT molecular complexity index is 838. The summed E-state index contributed by atoms with van der Waals surface area (Å²) in [6.07, 6.45) is 3.26. The SMILES string of the molecule is CN(C)c1ccc(/C=C2/N=C(CCc3cccc(Cl)c3)NC2=O)cc1. The Balaban J connectivity index is 1.69. The fourth-order valence-corrected chi connectivity index (χ4v) is 2.83.